The average Bonchev–Trinajstić information content (AvgIpc) is 2.99. The fraction of sp³-hybridized carbons (Fsp3) is 0.562. The summed E-state index contributed by atoms with van der Waals surface area (Å²) in [6, 6.07) is 4.16. The molecule has 1 aromatic carbocycles. The van der Waals surface area contributed by atoms with Crippen LogP contribution in [0.3, 0.4) is 0 Å². The molecule has 24 heavy (non-hydrogen) atoms. The first-order valence-corrected chi connectivity index (χ1v) is 9.36. The van der Waals surface area contributed by atoms with E-state index in [0.717, 1.165) is 26.1 Å². The minimum atomic E-state index is -3.71. The Morgan fingerprint density at radius 1 is 1.46 bits per heavy atom. The van der Waals surface area contributed by atoms with Gasteiger partial charge in [0.1, 0.15) is 0 Å². The quantitative estimate of drug-likeness (QED) is 0.720. The number of carboxylic acids is 1. The zero-order valence-corrected chi connectivity index (χ0v) is 14.8. The Kier molecular flexibility index (Phi) is 6.34. The first-order valence-electron chi connectivity index (χ1n) is 7.88. The number of carboxylic acid groups (broad SMARTS) is 1. The van der Waals surface area contributed by atoms with Crippen LogP contribution in [0.15, 0.2) is 23.1 Å². The summed E-state index contributed by atoms with van der Waals surface area (Å²) in [7, 11) is -2.05. The lowest BCUT2D eigenvalue weighted by atomic mass is 10.1. The van der Waals surface area contributed by atoms with Gasteiger partial charge in [0.15, 0.2) is 0 Å². The van der Waals surface area contributed by atoms with Crippen molar-refractivity contribution in [2.75, 3.05) is 39.9 Å². The summed E-state index contributed by atoms with van der Waals surface area (Å²) in [6.07, 6.45) is 0.931. The molecule has 1 aliphatic heterocycles. The SMILES string of the molecule is COCCN1CC[C@@H](CNS(=O)(=O)c2ccc(C)c(C(=O)O)c2)C1. The minimum Gasteiger partial charge on any atom is -0.478 e. The van der Waals surface area contributed by atoms with Crippen molar-refractivity contribution in [2.45, 2.75) is 18.2 Å². The largest absolute Gasteiger partial charge is 0.478 e. The Morgan fingerprint density at radius 2 is 2.21 bits per heavy atom. The molecule has 7 nitrogen and oxygen atoms in total. The highest BCUT2D eigenvalue weighted by Crippen LogP contribution is 2.18. The molecule has 0 amide bonds. The van der Waals surface area contributed by atoms with E-state index in [9.17, 15) is 13.2 Å². The summed E-state index contributed by atoms with van der Waals surface area (Å²) in [4.78, 5) is 13.4. The summed E-state index contributed by atoms with van der Waals surface area (Å²) < 4.78 is 32.4. The fourth-order valence-electron chi connectivity index (χ4n) is 2.81. The third-order valence-electron chi connectivity index (χ3n) is 4.29. The lowest BCUT2D eigenvalue weighted by Gasteiger charge is -2.16. The molecule has 0 spiro atoms. The van der Waals surface area contributed by atoms with E-state index in [2.05, 4.69) is 9.62 Å². The summed E-state index contributed by atoms with van der Waals surface area (Å²) in [6.45, 7) is 5.27. The number of sulfonamides is 1. The molecule has 0 unspecified atom stereocenters. The van der Waals surface area contributed by atoms with Gasteiger partial charge in [-0.05, 0) is 43.5 Å². The maximum absolute atomic E-state index is 12.4. The number of aromatic carboxylic acids is 1. The molecule has 1 heterocycles. The zero-order valence-electron chi connectivity index (χ0n) is 14.0. The second kappa shape index (κ2) is 8.06. The first-order chi connectivity index (χ1) is 11.3. The molecule has 1 atom stereocenters. The normalized spacial score (nSPS) is 18.8. The van der Waals surface area contributed by atoms with Crippen molar-refractivity contribution in [1.82, 2.24) is 9.62 Å². The van der Waals surface area contributed by atoms with Crippen LogP contribution >= 0.6 is 0 Å². The monoisotopic (exact) mass is 356 g/mol. The number of methoxy groups -OCH3 is 1. The van der Waals surface area contributed by atoms with Gasteiger partial charge in [-0.25, -0.2) is 17.9 Å². The van der Waals surface area contributed by atoms with Gasteiger partial charge < -0.3 is 14.7 Å². The molecule has 0 aromatic heterocycles. The van der Waals surface area contributed by atoms with Crippen molar-refractivity contribution in [2.24, 2.45) is 5.92 Å². The Hall–Kier alpha value is -1.48. The molecule has 134 valence electrons. The van der Waals surface area contributed by atoms with Gasteiger partial charge in [0.2, 0.25) is 10.0 Å². The predicted octanol–water partition coefficient (Wildman–Crippen LogP) is 0.940. The molecule has 1 aromatic rings. The van der Waals surface area contributed by atoms with Crippen molar-refractivity contribution < 1.29 is 23.1 Å². The second-order valence-corrected chi connectivity index (χ2v) is 7.85. The number of benzene rings is 1. The van der Waals surface area contributed by atoms with Crippen LogP contribution in [0.1, 0.15) is 22.3 Å². The van der Waals surface area contributed by atoms with Crippen molar-refractivity contribution in [1.29, 1.82) is 0 Å². The molecule has 1 saturated heterocycles. The first kappa shape index (κ1) is 18.9. The van der Waals surface area contributed by atoms with Crippen molar-refractivity contribution in [3.8, 4) is 0 Å². The van der Waals surface area contributed by atoms with Gasteiger partial charge in [0.25, 0.3) is 0 Å². The average molecular weight is 356 g/mol. The van der Waals surface area contributed by atoms with Crippen molar-refractivity contribution in [3.63, 3.8) is 0 Å². The lowest BCUT2D eigenvalue weighted by molar-refractivity contribution is 0.0696. The van der Waals surface area contributed by atoms with Gasteiger partial charge in [0, 0.05) is 26.7 Å². The van der Waals surface area contributed by atoms with E-state index in [1.54, 1.807) is 14.0 Å². The minimum absolute atomic E-state index is 0.00415. The van der Waals surface area contributed by atoms with E-state index in [4.69, 9.17) is 9.84 Å². The van der Waals surface area contributed by atoms with Crippen LogP contribution in [0.4, 0.5) is 0 Å². The fourth-order valence-corrected chi connectivity index (χ4v) is 3.95. The number of nitrogens with one attached hydrogen (secondary N) is 1. The van der Waals surface area contributed by atoms with Crippen LogP contribution in [0.25, 0.3) is 0 Å². The maximum atomic E-state index is 12.4. The smallest absolute Gasteiger partial charge is 0.335 e. The van der Waals surface area contributed by atoms with Gasteiger partial charge in [-0.3, -0.25) is 0 Å². The third-order valence-corrected chi connectivity index (χ3v) is 5.71. The molecular formula is C16H24N2O5S. The van der Waals surface area contributed by atoms with Crippen molar-refractivity contribution >= 4 is 16.0 Å². The molecule has 0 radical (unpaired) electrons. The van der Waals surface area contributed by atoms with E-state index >= 15 is 0 Å². The van der Waals surface area contributed by atoms with Crippen LogP contribution in [-0.2, 0) is 14.8 Å². The Bertz CT molecular complexity index is 690. The standard InChI is InChI=1S/C16H24N2O5S/c1-12-3-4-14(9-15(12)16(19)20)24(21,22)17-10-13-5-6-18(11-13)7-8-23-2/h3-4,9,13,17H,5-8,10-11H2,1-2H3,(H,19,20)/t13-/m0/s1. The highest BCUT2D eigenvalue weighted by atomic mass is 32.2. The summed E-state index contributed by atoms with van der Waals surface area (Å²) in [5.41, 5.74) is 0.538. The highest BCUT2D eigenvalue weighted by Gasteiger charge is 2.24. The second-order valence-electron chi connectivity index (χ2n) is 6.08. The summed E-state index contributed by atoms with van der Waals surface area (Å²) >= 11 is 0. The van der Waals surface area contributed by atoms with Crippen molar-refractivity contribution in [3.05, 3.63) is 29.3 Å². The van der Waals surface area contributed by atoms with Gasteiger partial charge in [-0.2, -0.15) is 0 Å². The molecule has 8 heteroatoms. The highest BCUT2D eigenvalue weighted by molar-refractivity contribution is 7.89. The summed E-state index contributed by atoms with van der Waals surface area (Å²) in [5, 5.41) is 9.13. The molecule has 0 aliphatic carbocycles. The third kappa shape index (κ3) is 4.76. The molecule has 2 N–H and O–H groups in total. The summed E-state index contributed by atoms with van der Waals surface area (Å²) in [5.74, 6) is -0.879. The van der Waals surface area contributed by atoms with Gasteiger partial charge in [0.05, 0.1) is 17.1 Å². The zero-order chi connectivity index (χ0) is 17.7. The maximum Gasteiger partial charge on any atom is 0.335 e. The predicted molar refractivity (Wildman–Crippen MR) is 89.7 cm³/mol. The Labute approximate surface area is 142 Å². The van der Waals surface area contributed by atoms with Crippen LogP contribution in [0.5, 0.6) is 0 Å². The van der Waals surface area contributed by atoms with E-state index < -0.39 is 16.0 Å². The molecule has 1 aliphatic rings. The van der Waals surface area contributed by atoms with E-state index in [-0.39, 0.29) is 16.4 Å². The Balaban J connectivity index is 1.97. The molecule has 1 fully saturated rings. The van der Waals surface area contributed by atoms with Crippen LogP contribution in [-0.4, -0.2) is 64.3 Å². The van der Waals surface area contributed by atoms with E-state index in [1.807, 2.05) is 0 Å². The van der Waals surface area contributed by atoms with Gasteiger partial charge in [-0.15, -0.1) is 0 Å². The number of likely N-dealkylation sites (tertiary alicyclic amines) is 1. The Morgan fingerprint density at radius 3 is 2.88 bits per heavy atom. The number of hydrogen-bond donors (Lipinski definition) is 2. The van der Waals surface area contributed by atoms with Crippen LogP contribution < -0.4 is 4.72 Å². The lowest BCUT2D eigenvalue weighted by Crippen LogP contribution is -2.32. The number of hydrogen-bond acceptors (Lipinski definition) is 5. The molecular weight excluding hydrogens is 332 g/mol. The number of rotatable bonds is 8. The topological polar surface area (TPSA) is 95.9 Å². The molecule has 2 rings (SSSR count). The number of carbonyl (C=O) groups is 1. The van der Waals surface area contributed by atoms with E-state index in [1.165, 1.54) is 18.2 Å². The van der Waals surface area contributed by atoms with Gasteiger partial charge >= 0.3 is 5.97 Å². The van der Waals surface area contributed by atoms with Crippen LogP contribution in [0, 0.1) is 12.8 Å². The molecule has 0 bridgehead atoms. The number of nitrogens with zero attached hydrogens (tertiary/aromatic N) is 1. The number of ether oxygens (including phenoxy) is 1. The number of aryl methyl sites for hydroxylation is 1. The van der Waals surface area contributed by atoms with Crippen LogP contribution in [0.2, 0.25) is 0 Å². The van der Waals surface area contributed by atoms with E-state index in [0.29, 0.717) is 18.7 Å². The van der Waals surface area contributed by atoms with Gasteiger partial charge in [-0.1, -0.05) is 6.07 Å². The molecule has 0 saturated carbocycles.